The van der Waals surface area contributed by atoms with Gasteiger partial charge in [0.2, 0.25) is 0 Å². The zero-order chi connectivity index (χ0) is 11.5. The van der Waals surface area contributed by atoms with Crippen molar-refractivity contribution in [3.05, 3.63) is 0 Å². The highest BCUT2D eigenvalue weighted by Gasteiger charge is 2.06. The van der Waals surface area contributed by atoms with Gasteiger partial charge in [-0.2, -0.15) is 0 Å². The van der Waals surface area contributed by atoms with Gasteiger partial charge in [-0.15, -0.1) is 0 Å². The van der Waals surface area contributed by atoms with Crippen molar-refractivity contribution in [2.45, 2.75) is 38.8 Å². The Hall–Kier alpha value is -0.160. The number of ether oxygens (including phenoxy) is 2. The van der Waals surface area contributed by atoms with E-state index in [0.717, 1.165) is 39.1 Å². The fraction of sp³-hybridized carbons (Fsp3) is 1.00. The van der Waals surface area contributed by atoms with Crippen molar-refractivity contribution in [1.82, 2.24) is 5.32 Å². The molecule has 0 aliphatic rings. The van der Waals surface area contributed by atoms with Crippen LogP contribution < -0.4 is 11.1 Å². The molecule has 4 nitrogen and oxygen atoms in total. The second kappa shape index (κ2) is 10.4. The molecule has 0 saturated carbocycles. The number of hydrogen-bond acceptors (Lipinski definition) is 4. The van der Waals surface area contributed by atoms with E-state index in [1.807, 2.05) is 13.8 Å². The number of rotatable bonds is 10. The largest absolute Gasteiger partial charge is 0.383 e. The topological polar surface area (TPSA) is 56.5 Å². The van der Waals surface area contributed by atoms with E-state index in [2.05, 4.69) is 5.32 Å². The molecule has 0 spiro atoms. The molecule has 4 heteroatoms. The average Bonchev–Trinajstić information content (AvgIpc) is 2.20. The Labute approximate surface area is 93.5 Å². The van der Waals surface area contributed by atoms with E-state index < -0.39 is 0 Å². The number of hydrogen-bond donors (Lipinski definition) is 2. The Morgan fingerprint density at radius 3 is 2.60 bits per heavy atom. The van der Waals surface area contributed by atoms with Crippen LogP contribution in [0.2, 0.25) is 0 Å². The van der Waals surface area contributed by atoms with Gasteiger partial charge in [0.05, 0.1) is 19.3 Å². The molecule has 0 aromatic heterocycles. The summed E-state index contributed by atoms with van der Waals surface area (Å²) in [4.78, 5) is 0. The molecular weight excluding hydrogens is 192 g/mol. The Kier molecular flexibility index (Phi) is 10.3. The van der Waals surface area contributed by atoms with Gasteiger partial charge in [0.1, 0.15) is 0 Å². The van der Waals surface area contributed by atoms with Gasteiger partial charge in [-0.25, -0.2) is 0 Å². The van der Waals surface area contributed by atoms with E-state index in [1.54, 1.807) is 7.11 Å². The maximum Gasteiger partial charge on any atom is 0.0615 e. The minimum absolute atomic E-state index is 0.303. The second-order valence-electron chi connectivity index (χ2n) is 3.96. The van der Waals surface area contributed by atoms with Crippen molar-refractivity contribution in [1.29, 1.82) is 0 Å². The van der Waals surface area contributed by atoms with Crippen molar-refractivity contribution in [3.63, 3.8) is 0 Å². The Morgan fingerprint density at radius 2 is 2.07 bits per heavy atom. The minimum atomic E-state index is 0.303. The summed E-state index contributed by atoms with van der Waals surface area (Å²) in [6.45, 7) is 7.19. The third kappa shape index (κ3) is 10.1. The van der Waals surface area contributed by atoms with Gasteiger partial charge in [0, 0.05) is 19.7 Å². The van der Waals surface area contributed by atoms with Crippen LogP contribution >= 0.6 is 0 Å². The van der Waals surface area contributed by atoms with Crippen molar-refractivity contribution >= 4 is 0 Å². The van der Waals surface area contributed by atoms with E-state index in [-0.39, 0.29) is 0 Å². The first-order chi connectivity index (χ1) is 7.20. The summed E-state index contributed by atoms with van der Waals surface area (Å²) in [5.41, 5.74) is 5.47. The van der Waals surface area contributed by atoms with Crippen LogP contribution in [0.3, 0.4) is 0 Å². The monoisotopic (exact) mass is 218 g/mol. The number of nitrogens with one attached hydrogen (secondary N) is 1. The van der Waals surface area contributed by atoms with Gasteiger partial charge in [0.25, 0.3) is 0 Å². The number of methoxy groups -OCH3 is 1. The maximum atomic E-state index is 5.47. The van der Waals surface area contributed by atoms with Crippen molar-refractivity contribution < 1.29 is 9.47 Å². The summed E-state index contributed by atoms with van der Waals surface area (Å²) < 4.78 is 10.6. The lowest BCUT2D eigenvalue weighted by Gasteiger charge is -2.18. The molecule has 0 radical (unpaired) electrons. The van der Waals surface area contributed by atoms with Crippen LogP contribution in [0.5, 0.6) is 0 Å². The summed E-state index contributed by atoms with van der Waals surface area (Å²) >= 11 is 0. The molecule has 0 fully saturated rings. The van der Waals surface area contributed by atoms with E-state index in [1.165, 1.54) is 0 Å². The van der Waals surface area contributed by atoms with E-state index >= 15 is 0 Å². The van der Waals surface area contributed by atoms with Gasteiger partial charge in [0.15, 0.2) is 0 Å². The Bertz CT molecular complexity index is 132. The molecule has 1 unspecified atom stereocenters. The van der Waals surface area contributed by atoms with Crippen LogP contribution in [0.1, 0.15) is 26.7 Å². The van der Waals surface area contributed by atoms with Gasteiger partial charge in [-0.05, 0) is 33.2 Å². The second-order valence-corrected chi connectivity index (χ2v) is 3.96. The van der Waals surface area contributed by atoms with E-state index in [4.69, 9.17) is 15.2 Å². The minimum Gasteiger partial charge on any atom is -0.383 e. The Balaban J connectivity index is 3.47. The summed E-state index contributed by atoms with van der Waals surface area (Å²) in [6.07, 6.45) is 2.40. The maximum absolute atomic E-state index is 5.47. The zero-order valence-electron chi connectivity index (χ0n) is 10.3. The van der Waals surface area contributed by atoms with Crippen LogP contribution in [0.15, 0.2) is 0 Å². The summed E-state index contributed by atoms with van der Waals surface area (Å²) in [5.74, 6) is 0. The van der Waals surface area contributed by atoms with Gasteiger partial charge in [-0.3, -0.25) is 0 Å². The summed E-state index contributed by atoms with van der Waals surface area (Å²) in [7, 11) is 1.72. The molecule has 1 atom stereocenters. The van der Waals surface area contributed by atoms with Crippen molar-refractivity contribution in [2.75, 3.05) is 33.4 Å². The fourth-order valence-corrected chi connectivity index (χ4v) is 1.37. The molecule has 0 heterocycles. The van der Waals surface area contributed by atoms with Crippen LogP contribution in [0, 0.1) is 0 Å². The van der Waals surface area contributed by atoms with Crippen molar-refractivity contribution in [3.8, 4) is 0 Å². The molecule has 0 rings (SSSR count). The Morgan fingerprint density at radius 1 is 1.33 bits per heavy atom. The molecular formula is C11H26N2O2. The van der Waals surface area contributed by atoms with Crippen LogP contribution in [-0.4, -0.2) is 45.6 Å². The molecule has 0 aliphatic carbocycles. The summed E-state index contributed by atoms with van der Waals surface area (Å²) in [6, 6.07) is 0.398. The van der Waals surface area contributed by atoms with Crippen molar-refractivity contribution in [2.24, 2.45) is 5.73 Å². The highest BCUT2D eigenvalue weighted by Crippen LogP contribution is 1.96. The predicted molar refractivity (Wildman–Crippen MR) is 63.0 cm³/mol. The highest BCUT2D eigenvalue weighted by molar-refractivity contribution is 4.66. The lowest BCUT2D eigenvalue weighted by atomic mass is 10.1. The quantitative estimate of drug-likeness (QED) is 0.531. The molecule has 92 valence electrons. The molecule has 15 heavy (non-hydrogen) atoms. The first-order valence-electron chi connectivity index (χ1n) is 5.74. The van der Waals surface area contributed by atoms with Gasteiger partial charge >= 0.3 is 0 Å². The molecule has 0 aromatic rings. The van der Waals surface area contributed by atoms with Crippen LogP contribution in [0.25, 0.3) is 0 Å². The van der Waals surface area contributed by atoms with E-state index in [0.29, 0.717) is 12.1 Å². The highest BCUT2D eigenvalue weighted by atomic mass is 16.5. The zero-order valence-corrected chi connectivity index (χ0v) is 10.3. The molecule has 0 amide bonds. The number of nitrogens with two attached hydrogens (primary N) is 1. The third-order valence-electron chi connectivity index (χ3n) is 2.11. The lowest BCUT2D eigenvalue weighted by Crippen LogP contribution is -2.36. The third-order valence-corrected chi connectivity index (χ3v) is 2.11. The van der Waals surface area contributed by atoms with Crippen LogP contribution in [-0.2, 0) is 9.47 Å². The smallest absolute Gasteiger partial charge is 0.0615 e. The predicted octanol–water partition coefficient (Wildman–Crippen LogP) is 0.755. The van der Waals surface area contributed by atoms with E-state index in [9.17, 15) is 0 Å². The molecule has 0 aromatic carbocycles. The molecule has 3 N–H and O–H groups in total. The standard InChI is InChI=1S/C11H26N2O2/c1-10(2)15-8-7-13-11(9-14-3)5-4-6-12/h10-11,13H,4-9,12H2,1-3H3. The van der Waals surface area contributed by atoms with Gasteiger partial charge < -0.3 is 20.5 Å². The summed E-state index contributed by atoms with van der Waals surface area (Å²) in [5, 5.41) is 3.41. The molecule has 0 aliphatic heterocycles. The first kappa shape index (κ1) is 14.8. The van der Waals surface area contributed by atoms with Crippen LogP contribution in [0.4, 0.5) is 0 Å². The molecule has 0 saturated heterocycles. The SMILES string of the molecule is COCC(CCCN)NCCOC(C)C. The lowest BCUT2D eigenvalue weighted by molar-refractivity contribution is 0.0756. The normalized spacial score (nSPS) is 13.4. The fourth-order valence-electron chi connectivity index (χ4n) is 1.37. The van der Waals surface area contributed by atoms with Gasteiger partial charge in [-0.1, -0.05) is 0 Å². The average molecular weight is 218 g/mol. The first-order valence-corrected chi connectivity index (χ1v) is 5.74. The molecule has 0 bridgehead atoms.